The maximum atomic E-state index is 12.7. The quantitative estimate of drug-likeness (QED) is 0.776. The molecule has 0 radical (unpaired) electrons. The molecule has 104 valence electrons. The van der Waals surface area contributed by atoms with Gasteiger partial charge in [0.2, 0.25) is 0 Å². The number of pyridine rings is 1. The van der Waals surface area contributed by atoms with E-state index >= 15 is 0 Å². The number of aromatic nitrogens is 2. The van der Waals surface area contributed by atoms with Gasteiger partial charge in [-0.1, -0.05) is 18.2 Å². The van der Waals surface area contributed by atoms with Gasteiger partial charge in [-0.2, -0.15) is 5.26 Å². The third-order valence-electron chi connectivity index (χ3n) is 3.04. The Morgan fingerprint density at radius 1 is 1.19 bits per heavy atom. The largest absolute Gasteiger partial charge is 0.384 e. The number of hydrogen-bond acceptors (Lipinski definition) is 5. The summed E-state index contributed by atoms with van der Waals surface area (Å²) in [5.74, 6) is 0.0523. The van der Waals surface area contributed by atoms with Crippen molar-refractivity contribution in [1.82, 2.24) is 8.96 Å². The lowest BCUT2D eigenvalue weighted by atomic mass is 10.2. The number of rotatable bonds is 2. The smallest absolute Gasteiger partial charge is 0.271 e. The fourth-order valence-electron chi connectivity index (χ4n) is 2.10. The number of hydrogen-bond donors (Lipinski definition) is 1. The third-order valence-corrected chi connectivity index (χ3v) is 4.77. The monoisotopic (exact) mass is 298 g/mol. The van der Waals surface area contributed by atoms with Crippen molar-refractivity contribution in [3.63, 3.8) is 0 Å². The zero-order valence-corrected chi connectivity index (χ0v) is 11.6. The first-order valence-corrected chi connectivity index (χ1v) is 7.46. The Kier molecular flexibility index (Phi) is 2.89. The summed E-state index contributed by atoms with van der Waals surface area (Å²) < 4.78 is 26.3. The fourth-order valence-corrected chi connectivity index (χ4v) is 3.52. The molecule has 2 heterocycles. The van der Waals surface area contributed by atoms with Crippen LogP contribution in [0.25, 0.3) is 11.0 Å². The van der Waals surface area contributed by atoms with E-state index in [2.05, 4.69) is 4.98 Å². The summed E-state index contributed by atoms with van der Waals surface area (Å²) in [4.78, 5) is 4.17. The van der Waals surface area contributed by atoms with E-state index in [0.29, 0.717) is 10.9 Å². The molecule has 0 aliphatic carbocycles. The lowest BCUT2D eigenvalue weighted by molar-refractivity contribution is 0.589. The van der Waals surface area contributed by atoms with Gasteiger partial charge in [-0.15, -0.1) is 0 Å². The van der Waals surface area contributed by atoms with Crippen LogP contribution in [-0.2, 0) is 10.0 Å². The summed E-state index contributed by atoms with van der Waals surface area (Å²) in [6.07, 6.45) is 1.32. The average Bonchev–Trinajstić information content (AvgIpc) is 2.83. The predicted molar refractivity (Wildman–Crippen MR) is 77.9 cm³/mol. The van der Waals surface area contributed by atoms with Crippen LogP contribution in [0.1, 0.15) is 5.56 Å². The van der Waals surface area contributed by atoms with Crippen LogP contribution in [-0.4, -0.2) is 17.4 Å². The minimum absolute atomic E-state index is 0.0523. The summed E-state index contributed by atoms with van der Waals surface area (Å²) in [6, 6.07) is 13.0. The van der Waals surface area contributed by atoms with Crippen LogP contribution in [0.15, 0.2) is 53.6 Å². The Hall–Kier alpha value is -2.85. The molecule has 0 saturated heterocycles. The van der Waals surface area contributed by atoms with Crippen molar-refractivity contribution < 1.29 is 8.42 Å². The summed E-state index contributed by atoms with van der Waals surface area (Å²) in [5, 5.41) is 9.37. The van der Waals surface area contributed by atoms with Gasteiger partial charge in [0.1, 0.15) is 11.9 Å². The van der Waals surface area contributed by atoms with Gasteiger partial charge in [0.15, 0.2) is 5.65 Å². The van der Waals surface area contributed by atoms with Gasteiger partial charge in [0, 0.05) is 11.6 Å². The van der Waals surface area contributed by atoms with Crippen molar-refractivity contribution in [1.29, 1.82) is 5.26 Å². The lowest BCUT2D eigenvalue weighted by Gasteiger charge is -2.08. The van der Waals surface area contributed by atoms with E-state index in [-0.39, 0.29) is 16.4 Å². The molecule has 2 aromatic heterocycles. The molecule has 0 unspecified atom stereocenters. The van der Waals surface area contributed by atoms with Crippen LogP contribution < -0.4 is 5.73 Å². The van der Waals surface area contributed by atoms with Crippen LogP contribution in [0.5, 0.6) is 0 Å². The second-order valence-electron chi connectivity index (χ2n) is 4.40. The number of nitrogen functional groups attached to an aromatic ring is 1. The molecule has 3 aromatic rings. The molecule has 0 aliphatic rings. The van der Waals surface area contributed by atoms with Gasteiger partial charge >= 0.3 is 0 Å². The van der Waals surface area contributed by atoms with Crippen molar-refractivity contribution in [3.8, 4) is 6.07 Å². The maximum Gasteiger partial charge on any atom is 0.271 e. The van der Waals surface area contributed by atoms with E-state index in [1.54, 1.807) is 24.3 Å². The van der Waals surface area contributed by atoms with Crippen LogP contribution in [0, 0.1) is 11.3 Å². The molecular formula is C14H10N4O2S. The van der Waals surface area contributed by atoms with Crippen molar-refractivity contribution in [2.75, 3.05) is 5.73 Å². The van der Waals surface area contributed by atoms with E-state index in [1.807, 2.05) is 6.07 Å². The number of anilines is 1. The molecule has 3 rings (SSSR count). The normalized spacial score (nSPS) is 11.4. The van der Waals surface area contributed by atoms with Gasteiger partial charge in [0.25, 0.3) is 10.0 Å². The highest BCUT2D eigenvalue weighted by atomic mass is 32.2. The maximum absolute atomic E-state index is 12.7. The zero-order chi connectivity index (χ0) is 15.0. The minimum Gasteiger partial charge on any atom is -0.384 e. The number of benzene rings is 1. The highest BCUT2D eigenvalue weighted by Gasteiger charge is 2.22. The highest BCUT2D eigenvalue weighted by molar-refractivity contribution is 7.90. The first-order chi connectivity index (χ1) is 10.0. The van der Waals surface area contributed by atoms with Gasteiger partial charge in [-0.05, 0) is 24.3 Å². The number of nitriles is 1. The third kappa shape index (κ3) is 2.02. The van der Waals surface area contributed by atoms with E-state index in [9.17, 15) is 8.42 Å². The standard InChI is InChI=1S/C14H10N4O2S/c15-8-10-6-11-7-13(16)18(14(11)17-9-10)21(19,20)12-4-2-1-3-5-12/h1-7,9H,16H2. The van der Waals surface area contributed by atoms with E-state index < -0.39 is 10.0 Å². The zero-order valence-electron chi connectivity index (χ0n) is 10.8. The molecule has 0 aliphatic heterocycles. The first kappa shape index (κ1) is 13.1. The molecule has 0 fully saturated rings. The second kappa shape index (κ2) is 4.61. The summed E-state index contributed by atoms with van der Waals surface area (Å²) in [6.45, 7) is 0. The molecule has 1 aromatic carbocycles. The second-order valence-corrected chi connectivity index (χ2v) is 6.19. The highest BCUT2D eigenvalue weighted by Crippen LogP contribution is 2.26. The van der Waals surface area contributed by atoms with Crippen LogP contribution in [0.4, 0.5) is 5.82 Å². The van der Waals surface area contributed by atoms with Crippen molar-refractivity contribution >= 4 is 26.9 Å². The van der Waals surface area contributed by atoms with E-state index in [1.165, 1.54) is 24.4 Å². The van der Waals surface area contributed by atoms with Crippen molar-refractivity contribution in [3.05, 3.63) is 54.2 Å². The number of nitrogens with two attached hydrogens (primary N) is 1. The number of nitrogens with zero attached hydrogens (tertiary/aromatic N) is 3. The van der Waals surface area contributed by atoms with Crippen LogP contribution in [0.3, 0.4) is 0 Å². The van der Waals surface area contributed by atoms with Crippen LogP contribution >= 0.6 is 0 Å². The molecular weight excluding hydrogens is 288 g/mol. The summed E-state index contributed by atoms with van der Waals surface area (Å²) in [5.41, 5.74) is 6.38. The molecule has 0 bridgehead atoms. The first-order valence-electron chi connectivity index (χ1n) is 6.02. The van der Waals surface area contributed by atoms with Crippen molar-refractivity contribution in [2.45, 2.75) is 4.90 Å². The Balaban J connectivity index is 2.31. The molecule has 2 N–H and O–H groups in total. The van der Waals surface area contributed by atoms with Crippen LogP contribution in [0.2, 0.25) is 0 Å². The molecule has 0 spiro atoms. The average molecular weight is 298 g/mol. The van der Waals surface area contributed by atoms with E-state index in [4.69, 9.17) is 11.0 Å². The van der Waals surface area contributed by atoms with Gasteiger partial charge in [0.05, 0.1) is 10.5 Å². The lowest BCUT2D eigenvalue weighted by Crippen LogP contribution is -2.15. The molecule has 0 atom stereocenters. The molecule has 0 saturated carbocycles. The van der Waals surface area contributed by atoms with E-state index in [0.717, 1.165) is 3.97 Å². The van der Waals surface area contributed by atoms with Crippen molar-refractivity contribution in [2.24, 2.45) is 0 Å². The predicted octanol–water partition coefficient (Wildman–Crippen LogP) is 1.73. The molecule has 6 nitrogen and oxygen atoms in total. The summed E-state index contributed by atoms with van der Waals surface area (Å²) >= 11 is 0. The molecule has 7 heteroatoms. The fraction of sp³-hybridized carbons (Fsp3) is 0. The Morgan fingerprint density at radius 2 is 1.90 bits per heavy atom. The Labute approximate surface area is 121 Å². The van der Waals surface area contributed by atoms with Gasteiger partial charge in [-0.3, -0.25) is 0 Å². The van der Waals surface area contributed by atoms with Gasteiger partial charge in [-0.25, -0.2) is 17.4 Å². The Morgan fingerprint density at radius 3 is 2.57 bits per heavy atom. The summed E-state index contributed by atoms with van der Waals surface area (Å²) in [7, 11) is -3.83. The van der Waals surface area contributed by atoms with Gasteiger partial charge < -0.3 is 5.73 Å². The molecule has 0 amide bonds. The molecule has 21 heavy (non-hydrogen) atoms. The number of fused-ring (bicyclic) bond motifs is 1. The minimum atomic E-state index is -3.83. The SMILES string of the molecule is N#Cc1cnc2c(c1)cc(N)n2S(=O)(=O)c1ccccc1. The topological polar surface area (TPSA) is 102 Å². The Bertz CT molecular complexity index is 969.